The number of aliphatic hydroxyl groups is 1. The molecule has 2 atom stereocenters. The maximum Gasteiger partial charge on any atom is 0.160 e. The molecular formula is C17H19NO3. The third kappa shape index (κ3) is 2.73. The predicted octanol–water partition coefficient (Wildman–Crippen LogP) is 2.15. The van der Waals surface area contributed by atoms with E-state index in [1.54, 1.807) is 12.1 Å². The Morgan fingerprint density at radius 3 is 2.81 bits per heavy atom. The fourth-order valence-corrected chi connectivity index (χ4v) is 2.89. The van der Waals surface area contributed by atoms with Crippen molar-refractivity contribution in [1.82, 2.24) is 5.32 Å². The minimum atomic E-state index is -0.408. The van der Waals surface area contributed by atoms with Gasteiger partial charge in [-0.1, -0.05) is 30.3 Å². The second-order valence-corrected chi connectivity index (χ2v) is 5.34. The first kappa shape index (κ1) is 13.9. The number of phenols is 1. The molecule has 2 aromatic rings. The summed E-state index contributed by atoms with van der Waals surface area (Å²) in [4.78, 5) is 0. The highest BCUT2D eigenvalue weighted by Gasteiger charge is 2.30. The number of phenolic OH excluding ortho intramolecular Hbond substituents is 1. The monoisotopic (exact) mass is 285 g/mol. The summed E-state index contributed by atoms with van der Waals surface area (Å²) in [5.41, 5.74) is 3.30. The van der Waals surface area contributed by atoms with Gasteiger partial charge in [0.15, 0.2) is 11.5 Å². The van der Waals surface area contributed by atoms with Crippen molar-refractivity contribution >= 4 is 0 Å². The molecule has 110 valence electrons. The molecule has 0 unspecified atom stereocenters. The third-order valence-corrected chi connectivity index (χ3v) is 3.97. The Kier molecular flexibility index (Phi) is 3.82. The van der Waals surface area contributed by atoms with Crippen molar-refractivity contribution in [1.29, 1.82) is 0 Å². The van der Waals surface area contributed by atoms with Crippen LogP contribution in [0.25, 0.3) is 0 Å². The lowest BCUT2D eigenvalue weighted by molar-refractivity contribution is 0.140. The van der Waals surface area contributed by atoms with E-state index in [4.69, 9.17) is 4.74 Å². The fraction of sp³-hybridized carbons (Fsp3) is 0.294. The number of hydrogen-bond acceptors (Lipinski definition) is 4. The zero-order valence-corrected chi connectivity index (χ0v) is 11.9. The number of fused-ring (bicyclic) bond motifs is 1. The zero-order valence-electron chi connectivity index (χ0n) is 11.9. The maximum absolute atomic E-state index is 10.2. The second-order valence-electron chi connectivity index (χ2n) is 5.34. The molecule has 0 heterocycles. The van der Waals surface area contributed by atoms with Gasteiger partial charge in [-0.3, -0.25) is 0 Å². The minimum absolute atomic E-state index is 0.0644. The van der Waals surface area contributed by atoms with Crippen LogP contribution in [0, 0.1) is 0 Å². The predicted molar refractivity (Wildman–Crippen MR) is 80.4 cm³/mol. The quantitative estimate of drug-likeness (QED) is 0.805. The lowest BCUT2D eigenvalue weighted by Crippen LogP contribution is -2.28. The summed E-state index contributed by atoms with van der Waals surface area (Å²) in [5, 5.41) is 23.4. The summed E-state index contributed by atoms with van der Waals surface area (Å²) in [6.07, 6.45) is 0.274. The van der Waals surface area contributed by atoms with Crippen molar-refractivity contribution < 1.29 is 14.9 Å². The number of hydrogen-bond donors (Lipinski definition) is 3. The molecule has 0 saturated carbocycles. The van der Waals surface area contributed by atoms with Gasteiger partial charge < -0.3 is 20.3 Å². The summed E-state index contributed by atoms with van der Waals surface area (Å²) in [7, 11) is 1.53. The molecule has 0 radical (unpaired) electrons. The van der Waals surface area contributed by atoms with E-state index in [-0.39, 0.29) is 11.8 Å². The number of rotatable bonds is 4. The highest BCUT2D eigenvalue weighted by Crippen LogP contribution is 2.32. The van der Waals surface area contributed by atoms with Gasteiger partial charge in [0.05, 0.1) is 19.3 Å². The molecule has 0 fully saturated rings. The second kappa shape index (κ2) is 5.76. The van der Waals surface area contributed by atoms with Crippen LogP contribution in [0.4, 0.5) is 0 Å². The van der Waals surface area contributed by atoms with Crippen LogP contribution < -0.4 is 10.1 Å². The Balaban J connectivity index is 1.72. The largest absolute Gasteiger partial charge is 0.504 e. The average Bonchev–Trinajstić information content (AvgIpc) is 2.81. The smallest absolute Gasteiger partial charge is 0.160 e. The number of methoxy groups -OCH3 is 1. The molecule has 1 aliphatic carbocycles. The molecule has 3 rings (SSSR count). The highest BCUT2D eigenvalue weighted by molar-refractivity contribution is 5.42. The van der Waals surface area contributed by atoms with Crippen molar-refractivity contribution in [2.45, 2.75) is 25.1 Å². The van der Waals surface area contributed by atoms with Crippen molar-refractivity contribution in [3.8, 4) is 11.5 Å². The van der Waals surface area contributed by atoms with E-state index in [9.17, 15) is 10.2 Å². The number of ether oxygens (including phenoxy) is 1. The Morgan fingerprint density at radius 1 is 1.24 bits per heavy atom. The van der Waals surface area contributed by atoms with Crippen LogP contribution in [0.15, 0.2) is 42.5 Å². The minimum Gasteiger partial charge on any atom is -0.504 e. The highest BCUT2D eigenvalue weighted by atomic mass is 16.5. The van der Waals surface area contributed by atoms with Gasteiger partial charge in [-0.2, -0.15) is 0 Å². The van der Waals surface area contributed by atoms with Crippen molar-refractivity contribution in [2.75, 3.05) is 7.11 Å². The summed E-state index contributed by atoms with van der Waals surface area (Å²) >= 11 is 0. The standard InChI is InChI=1S/C17H19NO3/c1-21-16-7-6-11(8-14(16)19)10-18-17-13-5-3-2-4-12(13)9-15(17)20/h2-8,15,17-20H,9-10H2,1H3/t15-,17+/m0/s1. The van der Waals surface area contributed by atoms with Crippen LogP contribution in [-0.2, 0) is 13.0 Å². The maximum atomic E-state index is 10.2. The van der Waals surface area contributed by atoms with E-state index >= 15 is 0 Å². The van der Waals surface area contributed by atoms with E-state index in [0.29, 0.717) is 18.7 Å². The van der Waals surface area contributed by atoms with Crippen molar-refractivity contribution in [2.24, 2.45) is 0 Å². The topological polar surface area (TPSA) is 61.7 Å². The number of benzene rings is 2. The van der Waals surface area contributed by atoms with E-state index in [2.05, 4.69) is 17.4 Å². The summed E-state index contributed by atoms with van der Waals surface area (Å²) in [6.45, 7) is 0.577. The van der Waals surface area contributed by atoms with E-state index in [0.717, 1.165) is 11.1 Å². The summed E-state index contributed by atoms with van der Waals surface area (Å²) in [6, 6.07) is 13.3. The van der Waals surface area contributed by atoms with Crippen molar-refractivity contribution in [3.05, 3.63) is 59.2 Å². The molecule has 0 saturated heterocycles. The molecule has 3 N–H and O–H groups in total. The first-order valence-electron chi connectivity index (χ1n) is 7.04. The van der Waals surface area contributed by atoms with Crippen LogP contribution in [0.1, 0.15) is 22.7 Å². The molecule has 2 aromatic carbocycles. The van der Waals surface area contributed by atoms with E-state index in [1.807, 2.05) is 18.2 Å². The number of aromatic hydroxyl groups is 1. The Morgan fingerprint density at radius 2 is 2.05 bits per heavy atom. The van der Waals surface area contributed by atoms with Gasteiger partial charge in [0, 0.05) is 13.0 Å². The van der Waals surface area contributed by atoms with E-state index < -0.39 is 6.10 Å². The van der Waals surface area contributed by atoms with Crippen LogP contribution >= 0.6 is 0 Å². The molecule has 1 aliphatic rings. The van der Waals surface area contributed by atoms with Gasteiger partial charge in [-0.15, -0.1) is 0 Å². The normalized spacial score (nSPS) is 20.3. The molecule has 0 spiro atoms. The van der Waals surface area contributed by atoms with Gasteiger partial charge in [-0.05, 0) is 28.8 Å². The van der Waals surface area contributed by atoms with Gasteiger partial charge in [0.2, 0.25) is 0 Å². The van der Waals surface area contributed by atoms with Gasteiger partial charge in [0.1, 0.15) is 0 Å². The van der Waals surface area contributed by atoms with Crippen LogP contribution in [0.5, 0.6) is 11.5 Å². The average molecular weight is 285 g/mol. The van der Waals surface area contributed by atoms with E-state index in [1.165, 1.54) is 12.7 Å². The van der Waals surface area contributed by atoms with Gasteiger partial charge in [-0.25, -0.2) is 0 Å². The first-order chi connectivity index (χ1) is 10.2. The summed E-state index contributed by atoms with van der Waals surface area (Å²) in [5.74, 6) is 0.592. The first-order valence-corrected chi connectivity index (χ1v) is 7.04. The molecule has 0 aromatic heterocycles. The van der Waals surface area contributed by atoms with Crippen molar-refractivity contribution in [3.63, 3.8) is 0 Å². The zero-order chi connectivity index (χ0) is 14.8. The van der Waals surface area contributed by atoms with Crippen LogP contribution in [0.2, 0.25) is 0 Å². The number of nitrogens with one attached hydrogen (secondary N) is 1. The van der Waals surface area contributed by atoms with Crippen LogP contribution in [0.3, 0.4) is 0 Å². The SMILES string of the molecule is COc1ccc(CN[C@@H]2c3ccccc3C[C@@H]2O)cc1O. The van der Waals surface area contributed by atoms with Gasteiger partial charge >= 0.3 is 0 Å². The molecule has 0 aliphatic heterocycles. The van der Waals surface area contributed by atoms with Gasteiger partial charge in [0.25, 0.3) is 0 Å². The fourth-order valence-electron chi connectivity index (χ4n) is 2.89. The molecule has 0 bridgehead atoms. The molecule has 4 nitrogen and oxygen atoms in total. The Bertz CT molecular complexity index is 642. The molecular weight excluding hydrogens is 266 g/mol. The lowest BCUT2D eigenvalue weighted by Gasteiger charge is -2.18. The Hall–Kier alpha value is -2.04. The Labute approximate surface area is 124 Å². The third-order valence-electron chi connectivity index (χ3n) is 3.97. The van der Waals surface area contributed by atoms with Crippen LogP contribution in [-0.4, -0.2) is 23.4 Å². The molecule has 0 amide bonds. The molecule has 4 heteroatoms. The lowest BCUT2D eigenvalue weighted by atomic mass is 10.1. The number of aliphatic hydroxyl groups excluding tert-OH is 1. The summed E-state index contributed by atoms with van der Waals surface area (Å²) < 4.78 is 5.03. The molecule has 21 heavy (non-hydrogen) atoms.